The molecule has 6 heteroatoms. The van der Waals surface area contributed by atoms with Crippen LogP contribution in [-0.4, -0.2) is 35.1 Å². The predicted molar refractivity (Wildman–Crippen MR) is 87.6 cm³/mol. The molecule has 108 valence electrons. The molecule has 0 fully saturated rings. The average Bonchev–Trinajstić information content (AvgIpc) is 2.44. The molecule has 5 nitrogen and oxygen atoms in total. The average molecular weight is 292 g/mol. The molecule has 0 spiro atoms. The Balaban J connectivity index is 2.45. The monoisotopic (exact) mass is 292 g/mol. The standard InChI is InChI=1S/C14H20N4OS/c1-4-10(8-20-3)18(2)14-16-12-6-5-9(15)7-11(12)13(19)17-14/h5-7,10H,4,8,15H2,1-3H3,(H,16,17,19). The number of thioether (sulfide) groups is 1. The molecule has 0 aliphatic carbocycles. The molecule has 1 aromatic heterocycles. The maximum absolute atomic E-state index is 12.1. The van der Waals surface area contributed by atoms with E-state index < -0.39 is 0 Å². The van der Waals surface area contributed by atoms with E-state index in [0.717, 1.165) is 12.2 Å². The van der Waals surface area contributed by atoms with Crippen LogP contribution in [0.1, 0.15) is 13.3 Å². The van der Waals surface area contributed by atoms with E-state index >= 15 is 0 Å². The molecule has 0 saturated carbocycles. The number of nitrogens with two attached hydrogens (primary N) is 1. The first kappa shape index (κ1) is 14.7. The van der Waals surface area contributed by atoms with Gasteiger partial charge in [-0.1, -0.05) is 6.92 Å². The lowest BCUT2D eigenvalue weighted by atomic mass is 10.2. The molecule has 2 aromatic rings. The molecule has 0 radical (unpaired) electrons. The van der Waals surface area contributed by atoms with Crippen molar-refractivity contribution in [3.63, 3.8) is 0 Å². The molecule has 0 saturated heterocycles. The van der Waals surface area contributed by atoms with Gasteiger partial charge in [0.15, 0.2) is 0 Å². The summed E-state index contributed by atoms with van der Waals surface area (Å²) < 4.78 is 0. The second-order valence-electron chi connectivity index (χ2n) is 4.79. The molecule has 1 unspecified atom stereocenters. The van der Waals surface area contributed by atoms with Gasteiger partial charge in [0.2, 0.25) is 5.95 Å². The predicted octanol–water partition coefficient (Wildman–Crippen LogP) is 2.08. The molecule has 1 heterocycles. The maximum Gasteiger partial charge on any atom is 0.260 e. The first-order chi connectivity index (χ1) is 9.56. The minimum Gasteiger partial charge on any atom is -0.399 e. The van der Waals surface area contributed by atoms with Crippen LogP contribution in [0.3, 0.4) is 0 Å². The molecular weight excluding hydrogens is 272 g/mol. The van der Waals surface area contributed by atoms with Gasteiger partial charge in [0, 0.05) is 24.5 Å². The maximum atomic E-state index is 12.1. The topological polar surface area (TPSA) is 75.0 Å². The summed E-state index contributed by atoms with van der Waals surface area (Å²) in [7, 11) is 1.96. The van der Waals surface area contributed by atoms with Crippen molar-refractivity contribution in [3.05, 3.63) is 28.6 Å². The third-order valence-electron chi connectivity index (χ3n) is 3.43. The molecule has 20 heavy (non-hydrogen) atoms. The summed E-state index contributed by atoms with van der Waals surface area (Å²) in [5.74, 6) is 1.60. The fourth-order valence-corrected chi connectivity index (χ4v) is 3.02. The van der Waals surface area contributed by atoms with Gasteiger partial charge in [0.05, 0.1) is 10.9 Å². The lowest BCUT2D eigenvalue weighted by molar-refractivity contribution is 0.657. The molecule has 1 aromatic carbocycles. The number of nitrogens with one attached hydrogen (secondary N) is 1. The molecule has 0 bridgehead atoms. The largest absolute Gasteiger partial charge is 0.399 e. The Labute approximate surface area is 122 Å². The summed E-state index contributed by atoms with van der Waals surface area (Å²) in [6, 6.07) is 5.55. The van der Waals surface area contributed by atoms with E-state index in [0.29, 0.717) is 28.6 Å². The van der Waals surface area contributed by atoms with Crippen molar-refractivity contribution < 1.29 is 0 Å². The number of hydrogen-bond donors (Lipinski definition) is 2. The Morgan fingerprint density at radius 1 is 1.50 bits per heavy atom. The Hall–Kier alpha value is -1.69. The van der Waals surface area contributed by atoms with Crippen LogP contribution in [0.4, 0.5) is 11.6 Å². The third kappa shape index (κ3) is 2.90. The van der Waals surface area contributed by atoms with Gasteiger partial charge in [-0.3, -0.25) is 9.78 Å². The number of hydrogen-bond acceptors (Lipinski definition) is 5. The zero-order valence-electron chi connectivity index (χ0n) is 12.0. The third-order valence-corrected chi connectivity index (χ3v) is 4.15. The van der Waals surface area contributed by atoms with E-state index in [2.05, 4.69) is 23.1 Å². The Morgan fingerprint density at radius 2 is 2.25 bits per heavy atom. The summed E-state index contributed by atoms with van der Waals surface area (Å²) in [4.78, 5) is 21.6. The number of aromatic nitrogens is 2. The summed E-state index contributed by atoms with van der Waals surface area (Å²) in [5, 5.41) is 0.528. The molecule has 0 amide bonds. The number of nitrogen functional groups attached to an aromatic ring is 1. The van der Waals surface area contributed by atoms with Gasteiger partial charge in [0.25, 0.3) is 5.56 Å². The molecule has 3 N–H and O–H groups in total. The van der Waals surface area contributed by atoms with Crippen LogP contribution in [0.2, 0.25) is 0 Å². The summed E-state index contributed by atoms with van der Waals surface area (Å²) in [5.41, 5.74) is 6.80. The smallest absolute Gasteiger partial charge is 0.260 e. The van der Waals surface area contributed by atoms with Crippen molar-refractivity contribution in [1.29, 1.82) is 0 Å². The molecule has 0 aliphatic heterocycles. The number of rotatable bonds is 5. The molecule has 0 aliphatic rings. The molecular formula is C14H20N4OS. The Morgan fingerprint density at radius 3 is 2.90 bits per heavy atom. The Bertz CT molecular complexity index is 655. The van der Waals surface area contributed by atoms with Gasteiger partial charge in [-0.05, 0) is 30.9 Å². The van der Waals surface area contributed by atoms with Gasteiger partial charge < -0.3 is 10.6 Å². The highest BCUT2D eigenvalue weighted by Gasteiger charge is 2.15. The number of aromatic amines is 1. The molecule has 2 rings (SSSR count). The van der Waals surface area contributed by atoms with E-state index in [-0.39, 0.29) is 5.56 Å². The lowest BCUT2D eigenvalue weighted by Crippen LogP contribution is -2.35. The summed E-state index contributed by atoms with van der Waals surface area (Å²) >= 11 is 1.79. The van der Waals surface area contributed by atoms with Crippen molar-refractivity contribution in [3.8, 4) is 0 Å². The van der Waals surface area contributed by atoms with Crippen molar-refractivity contribution >= 4 is 34.3 Å². The Kier molecular flexibility index (Phi) is 4.54. The van der Waals surface area contributed by atoms with E-state index in [4.69, 9.17) is 5.73 Å². The molecule has 1 atom stereocenters. The quantitative estimate of drug-likeness (QED) is 0.825. The van der Waals surface area contributed by atoms with Crippen molar-refractivity contribution in [1.82, 2.24) is 9.97 Å². The van der Waals surface area contributed by atoms with Crippen LogP contribution < -0.4 is 16.2 Å². The van der Waals surface area contributed by atoms with Crippen LogP contribution >= 0.6 is 11.8 Å². The number of fused-ring (bicyclic) bond motifs is 1. The van der Waals surface area contributed by atoms with Gasteiger partial charge in [0.1, 0.15) is 0 Å². The number of H-pyrrole nitrogens is 1. The SMILES string of the molecule is CCC(CSC)N(C)c1nc2ccc(N)cc2c(=O)[nH]1. The highest BCUT2D eigenvalue weighted by molar-refractivity contribution is 7.98. The van der Waals surface area contributed by atoms with E-state index in [9.17, 15) is 4.79 Å². The fraction of sp³-hybridized carbons (Fsp3) is 0.429. The number of anilines is 2. The highest BCUT2D eigenvalue weighted by Crippen LogP contribution is 2.17. The van der Waals surface area contributed by atoms with Crippen molar-refractivity contribution in [2.75, 3.05) is 29.7 Å². The van der Waals surface area contributed by atoms with Crippen LogP contribution in [0.25, 0.3) is 10.9 Å². The van der Waals surface area contributed by atoms with Crippen LogP contribution in [-0.2, 0) is 0 Å². The van der Waals surface area contributed by atoms with E-state index in [1.165, 1.54) is 0 Å². The van der Waals surface area contributed by atoms with Crippen LogP contribution in [0, 0.1) is 0 Å². The number of nitrogens with zero attached hydrogens (tertiary/aromatic N) is 2. The van der Waals surface area contributed by atoms with Gasteiger partial charge in [-0.25, -0.2) is 4.98 Å². The summed E-state index contributed by atoms with van der Waals surface area (Å²) in [6.45, 7) is 2.14. The zero-order chi connectivity index (χ0) is 14.7. The number of benzene rings is 1. The first-order valence-corrected chi connectivity index (χ1v) is 7.97. The fourth-order valence-electron chi connectivity index (χ4n) is 2.18. The zero-order valence-corrected chi connectivity index (χ0v) is 12.8. The van der Waals surface area contributed by atoms with Crippen molar-refractivity contribution in [2.24, 2.45) is 0 Å². The minimum absolute atomic E-state index is 0.150. The van der Waals surface area contributed by atoms with Crippen LogP contribution in [0.5, 0.6) is 0 Å². The lowest BCUT2D eigenvalue weighted by Gasteiger charge is -2.27. The normalized spacial score (nSPS) is 12.6. The first-order valence-electron chi connectivity index (χ1n) is 6.58. The van der Waals surface area contributed by atoms with E-state index in [1.54, 1.807) is 30.0 Å². The second kappa shape index (κ2) is 6.17. The van der Waals surface area contributed by atoms with Crippen molar-refractivity contribution in [2.45, 2.75) is 19.4 Å². The highest BCUT2D eigenvalue weighted by atomic mass is 32.2. The van der Waals surface area contributed by atoms with Gasteiger partial charge in [-0.15, -0.1) is 0 Å². The van der Waals surface area contributed by atoms with Gasteiger partial charge in [-0.2, -0.15) is 11.8 Å². The summed E-state index contributed by atoms with van der Waals surface area (Å²) in [6.07, 6.45) is 3.08. The van der Waals surface area contributed by atoms with Crippen LogP contribution in [0.15, 0.2) is 23.0 Å². The van der Waals surface area contributed by atoms with Gasteiger partial charge >= 0.3 is 0 Å². The second-order valence-corrected chi connectivity index (χ2v) is 5.71. The minimum atomic E-state index is -0.150. The van der Waals surface area contributed by atoms with E-state index in [1.807, 2.05) is 11.9 Å².